The molecule has 4 unspecified atom stereocenters. The van der Waals surface area contributed by atoms with E-state index in [1.165, 1.54) is 0 Å². The summed E-state index contributed by atoms with van der Waals surface area (Å²) in [7, 11) is 0. The third-order valence-corrected chi connectivity index (χ3v) is 3.16. The van der Waals surface area contributed by atoms with E-state index in [0.29, 0.717) is 13.2 Å². The second kappa shape index (κ2) is 4.75. The first kappa shape index (κ1) is 11.5. The quantitative estimate of drug-likeness (QED) is 0.705. The molecule has 82 valence electrons. The Hall–Kier alpha value is -0.610. The smallest absolute Gasteiger partial charge is 0.306 e. The lowest BCUT2D eigenvalue weighted by molar-refractivity contribution is -0.145. The number of hydrogen-bond donors (Lipinski definition) is 2. The van der Waals surface area contributed by atoms with Crippen molar-refractivity contribution in [2.24, 2.45) is 17.8 Å². The lowest BCUT2D eigenvalue weighted by Crippen LogP contribution is -2.34. The molecule has 0 spiro atoms. The van der Waals surface area contributed by atoms with Crippen molar-refractivity contribution in [2.45, 2.75) is 26.4 Å². The van der Waals surface area contributed by atoms with Crippen molar-refractivity contribution in [1.29, 1.82) is 0 Å². The van der Waals surface area contributed by atoms with Gasteiger partial charge in [0, 0.05) is 12.5 Å². The Morgan fingerprint density at radius 1 is 1.50 bits per heavy atom. The Morgan fingerprint density at radius 3 is 2.57 bits per heavy atom. The van der Waals surface area contributed by atoms with Crippen LogP contribution in [0.4, 0.5) is 0 Å². The van der Waals surface area contributed by atoms with E-state index in [2.05, 4.69) is 0 Å². The SMILES string of the molecule is CC(C(=O)O)C(C)C(O)C1CCOC1. The van der Waals surface area contributed by atoms with Crippen molar-refractivity contribution in [3.8, 4) is 0 Å². The van der Waals surface area contributed by atoms with Crippen molar-refractivity contribution >= 4 is 5.97 Å². The molecule has 1 aliphatic heterocycles. The Labute approximate surface area is 83.9 Å². The predicted molar refractivity (Wildman–Crippen MR) is 50.9 cm³/mol. The van der Waals surface area contributed by atoms with E-state index < -0.39 is 18.0 Å². The van der Waals surface area contributed by atoms with E-state index >= 15 is 0 Å². The van der Waals surface area contributed by atoms with Crippen LogP contribution in [0, 0.1) is 17.8 Å². The minimum absolute atomic E-state index is 0.104. The number of ether oxygens (including phenoxy) is 1. The van der Waals surface area contributed by atoms with Gasteiger partial charge in [0.05, 0.1) is 18.6 Å². The van der Waals surface area contributed by atoms with Crippen LogP contribution in [-0.2, 0) is 9.53 Å². The molecule has 14 heavy (non-hydrogen) atoms. The highest BCUT2D eigenvalue weighted by atomic mass is 16.5. The molecule has 4 nitrogen and oxygen atoms in total. The Bertz CT molecular complexity index is 198. The largest absolute Gasteiger partial charge is 0.481 e. The van der Waals surface area contributed by atoms with Gasteiger partial charge in [0.2, 0.25) is 0 Å². The molecule has 2 N–H and O–H groups in total. The summed E-state index contributed by atoms with van der Waals surface area (Å²) in [5.41, 5.74) is 0. The fourth-order valence-corrected chi connectivity index (χ4v) is 1.77. The lowest BCUT2D eigenvalue weighted by atomic mass is 9.83. The van der Waals surface area contributed by atoms with Gasteiger partial charge in [-0.15, -0.1) is 0 Å². The Balaban J connectivity index is 2.49. The molecule has 1 rings (SSSR count). The number of aliphatic hydroxyl groups excluding tert-OH is 1. The van der Waals surface area contributed by atoms with Crippen LogP contribution in [0.5, 0.6) is 0 Å². The number of carboxylic acid groups (broad SMARTS) is 1. The van der Waals surface area contributed by atoms with Crippen molar-refractivity contribution < 1.29 is 19.7 Å². The van der Waals surface area contributed by atoms with Gasteiger partial charge < -0.3 is 14.9 Å². The molecule has 0 aromatic rings. The zero-order valence-electron chi connectivity index (χ0n) is 8.64. The molecule has 4 heteroatoms. The second-order valence-electron chi connectivity index (χ2n) is 4.10. The second-order valence-corrected chi connectivity index (χ2v) is 4.10. The summed E-state index contributed by atoms with van der Waals surface area (Å²) in [5, 5.41) is 18.7. The summed E-state index contributed by atoms with van der Waals surface area (Å²) in [6.45, 7) is 4.64. The molecular formula is C10H18O4. The molecule has 4 atom stereocenters. The molecule has 0 radical (unpaired) electrons. The molecule has 0 aromatic heterocycles. The highest BCUT2D eigenvalue weighted by Crippen LogP contribution is 2.26. The number of carbonyl (C=O) groups is 1. The minimum Gasteiger partial charge on any atom is -0.481 e. The van der Waals surface area contributed by atoms with E-state index in [-0.39, 0.29) is 11.8 Å². The molecule has 1 saturated heterocycles. The molecule has 1 heterocycles. The van der Waals surface area contributed by atoms with Crippen LogP contribution >= 0.6 is 0 Å². The molecule has 0 amide bonds. The lowest BCUT2D eigenvalue weighted by Gasteiger charge is -2.26. The minimum atomic E-state index is -0.851. The molecular weight excluding hydrogens is 184 g/mol. The predicted octanol–water partition coefficient (Wildman–Crippen LogP) is 0.741. The zero-order valence-corrected chi connectivity index (χ0v) is 8.64. The molecule has 1 fully saturated rings. The highest BCUT2D eigenvalue weighted by Gasteiger charge is 2.33. The average Bonchev–Trinajstić information content (AvgIpc) is 2.67. The molecule has 0 aromatic carbocycles. The van der Waals surface area contributed by atoms with Crippen LogP contribution in [0.1, 0.15) is 20.3 Å². The summed E-state index contributed by atoms with van der Waals surface area (Å²) in [6, 6.07) is 0. The first-order valence-corrected chi connectivity index (χ1v) is 5.02. The maximum Gasteiger partial charge on any atom is 0.306 e. The van der Waals surface area contributed by atoms with E-state index in [4.69, 9.17) is 9.84 Å². The van der Waals surface area contributed by atoms with Crippen LogP contribution < -0.4 is 0 Å². The molecule has 0 saturated carbocycles. The fraction of sp³-hybridized carbons (Fsp3) is 0.900. The van der Waals surface area contributed by atoms with E-state index in [0.717, 1.165) is 6.42 Å². The summed E-state index contributed by atoms with van der Waals surface area (Å²) in [4.78, 5) is 10.7. The zero-order chi connectivity index (χ0) is 10.7. The molecule has 0 bridgehead atoms. The maximum atomic E-state index is 10.7. The van der Waals surface area contributed by atoms with E-state index in [1.54, 1.807) is 13.8 Å². The number of rotatable bonds is 4. The van der Waals surface area contributed by atoms with Gasteiger partial charge in [-0.25, -0.2) is 0 Å². The van der Waals surface area contributed by atoms with Crippen molar-refractivity contribution in [1.82, 2.24) is 0 Å². The first-order chi connectivity index (χ1) is 6.54. The summed E-state index contributed by atoms with van der Waals surface area (Å²) in [5.74, 6) is -1.48. The maximum absolute atomic E-state index is 10.7. The summed E-state index contributed by atoms with van der Waals surface area (Å²) >= 11 is 0. The fourth-order valence-electron chi connectivity index (χ4n) is 1.77. The number of aliphatic hydroxyl groups is 1. The molecule has 1 aliphatic rings. The van der Waals surface area contributed by atoms with Crippen LogP contribution in [0.3, 0.4) is 0 Å². The molecule has 0 aliphatic carbocycles. The number of carboxylic acids is 1. The van der Waals surface area contributed by atoms with Gasteiger partial charge >= 0.3 is 5.97 Å². The monoisotopic (exact) mass is 202 g/mol. The van der Waals surface area contributed by atoms with Crippen molar-refractivity contribution in [3.63, 3.8) is 0 Å². The Morgan fingerprint density at radius 2 is 2.14 bits per heavy atom. The van der Waals surface area contributed by atoms with Gasteiger partial charge in [-0.3, -0.25) is 4.79 Å². The van der Waals surface area contributed by atoms with Crippen LogP contribution in [0.2, 0.25) is 0 Å². The van der Waals surface area contributed by atoms with Crippen LogP contribution in [0.25, 0.3) is 0 Å². The topological polar surface area (TPSA) is 66.8 Å². The van der Waals surface area contributed by atoms with E-state index in [1.807, 2.05) is 0 Å². The van der Waals surface area contributed by atoms with Crippen molar-refractivity contribution in [3.05, 3.63) is 0 Å². The van der Waals surface area contributed by atoms with Crippen LogP contribution in [0.15, 0.2) is 0 Å². The van der Waals surface area contributed by atoms with Crippen LogP contribution in [-0.4, -0.2) is 35.5 Å². The first-order valence-electron chi connectivity index (χ1n) is 5.02. The number of aliphatic carboxylic acids is 1. The van der Waals surface area contributed by atoms with Gasteiger partial charge in [-0.2, -0.15) is 0 Å². The van der Waals surface area contributed by atoms with Crippen molar-refractivity contribution in [2.75, 3.05) is 13.2 Å². The van der Waals surface area contributed by atoms with Gasteiger partial charge in [0.1, 0.15) is 0 Å². The highest BCUT2D eigenvalue weighted by molar-refractivity contribution is 5.69. The van der Waals surface area contributed by atoms with Gasteiger partial charge in [0.25, 0.3) is 0 Å². The Kier molecular flexibility index (Phi) is 3.89. The number of hydrogen-bond acceptors (Lipinski definition) is 3. The third kappa shape index (κ3) is 2.45. The normalized spacial score (nSPS) is 28.4. The summed E-state index contributed by atoms with van der Waals surface area (Å²) in [6.07, 6.45) is 0.265. The van der Waals surface area contributed by atoms with Gasteiger partial charge in [0.15, 0.2) is 0 Å². The average molecular weight is 202 g/mol. The van der Waals surface area contributed by atoms with Gasteiger partial charge in [-0.05, 0) is 12.3 Å². The summed E-state index contributed by atoms with van der Waals surface area (Å²) < 4.78 is 5.16. The van der Waals surface area contributed by atoms with E-state index in [9.17, 15) is 9.90 Å². The third-order valence-electron chi connectivity index (χ3n) is 3.16. The standard InChI is InChI=1S/C10H18O4/c1-6(7(2)10(12)13)9(11)8-3-4-14-5-8/h6-9,11H,3-5H2,1-2H3,(H,12,13). The van der Waals surface area contributed by atoms with Gasteiger partial charge in [-0.1, -0.05) is 13.8 Å².